The Bertz CT molecular complexity index is 273. The zero-order valence-corrected chi connectivity index (χ0v) is 8.27. The molecule has 2 rings (SSSR count). The maximum absolute atomic E-state index is 11.6. The first-order valence-electron chi connectivity index (χ1n) is 5.07. The van der Waals surface area contributed by atoms with E-state index in [0.717, 1.165) is 6.42 Å². The molecule has 2 fully saturated rings. The number of carbonyl (C=O) groups excluding carboxylic acids is 1. The zero-order chi connectivity index (χ0) is 10.3. The van der Waals surface area contributed by atoms with Crippen molar-refractivity contribution in [1.29, 1.82) is 0 Å². The molecule has 1 heterocycles. The van der Waals surface area contributed by atoms with Crippen molar-refractivity contribution in [3.05, 3.63) is 0 Å². The van der Waals surface area contributed by atoms with Gasteiger partial charge in [-0.1, -0.05) is 12.8 Å². The summed E-state index contributed by atoms with van der Waals surface area (Å²) in [6.45, 7) is 0.381. The number of nitrogens with zero attached hydrogens (tertiary/aromatic N) is 1. The molecule has 1 N–H and O–H groups in total. The standard InChI is InChI=1S/C10H15NO3/c1-11-5-8(10(13)14)7(9(11)12)4-6-2-3-6/h6-8H,2-5H2,1H3,(H,13,14). The molecule has 0 bridgehead atoms. The van der Waals surface area contributed by atoms with E-state index < -0.39 is 11.9 Å². The van der Waals surface area contributed by atoms with Crippen molar-refractivity contribution >= 4 is 11.9 Å². The molecule has 0 spiro atoms. The van der Waals surface area contributed by atoms with Crippen LogP contribution in [0.5, 0.6) is 0 Å². The van der Waals surface area contributed by atoms with Gasteiger partial charge in [-0.15, -0.1) is 0 Å². The van der Waals surface area contributed by atoms with Gasteiger partial charge in [0, 0.05) is 13.6 Å². The first-order chi connectivity index (χ1) is 6.59. The molecule has 2 atom stereocenters. The summed E-state index contributed by atoms with van der Waals surface area (Å²) in [4.78, 5) is 24.1. The summed E-state index contributed by atoms with van der Waals surface area (Å²) in [5.41, 5.74) is 0. The molecular weight excluding hydrogens is 182 g/mol. The molecule has 1 saturated carbocycles. The molecule has 14 heavy (non-hydrogen) atoms. The molecule has 1 saturated heterocycles. The lowest BCUT2D eigenvalue weighted by atomic mass is 9.90. The van der Waals surface area contributed by atoms with Crippen LogP contribution in [0.2, 0.25) is 0 Å². The quantitative estimate of drug-likeness (QED) is 0.719. The van der Waals surface area contributed by atoms with E-state index in [1.54, 1.807) is 11.9 Å². The molecule has 0 aromatic carbocycles. The van der Waals surface area contributed by atoms with Gasteiger partial charge in [-0.25, -0.2) is 0 Å². The Morgan fingerprint density at radius 3 is 2.71 bits per heavy atom. The second-order valence-corrected chi connectivity index (χ2v) is 4.45. The molecular formula is C10H15NO3. The molecule has 4 nitrogen and oxygen atoms in total. The molecule has 1 aliphatic heterocycles. The predicted octanol–water partition coefficient (Wildman–Crippen LogP) is 0.575. The lowest BCUT2D eigenvalue weighted by Crippen LogP contribution is -2.24. The highest BCUT2D eigenvalue weighted by molar-refractivity contribution is 5.88. The van der Waals surface area contributed by atoms with Crippen LogP contribution in [0.4, 0.5) is 0 Å². The van der Waals surface area contributed by atoms with Gasteiger partial charge in [0.05, 0.1) is 11.8 Å². The predicted molar refractivity (Wildman–Crippen MR) is 49.6 cm³/mol. The Morgan fingerprint density at radius 1 is 1.57 bits per heavy atom. The highest BCUT2D eigenvalue weighted by Crippen LogP contribution is 2.40. The molecule has 0 aromatic rings. The monoisotopic (exact) mass is 197 g/mol. The minimum atomic E-state index is -0.826. The Kier molecular flexibility index (Phi) is 2.21. The van der Waals surface area contributed by atoms with Gasteiger partial charge >= 0.3 is 5.97 Å². The highest BCUT2D eigenvalue weighted by Gasteiger charge is 2.44. The van der Waals surface area contributed by atoms with E-state index in [1.165, 1.54) is 12.8 Å². The lowest BCUT2D eigenvalue weighted by molar-refractivity contribution is -0.144. The number of carbonyl (C=O) groups is 2. The van der Waals surface area contributed by atoms with Gasteiger partial charge in [0.15, 0.2) is 0 Å². The van der Waals surface area contributed by atoms with Crippen LogP contribution in [0.1, 0.15) is 19.3 Å². The average molecular weight is 197 g/mol. The second-order valence-electron chi connectivity index (χ2n) is 4.45. The Labute approximate surface area is 82.9 Å². The number of hydrogen-bond acceptors (Lipinski definition) is 2. The van der Waals surface area contributed by atoms with Crippen molar-refractivity contribution in [3.63, 3.8) is 0 Å². The Hall–Kier alpha value is -1.06. The van der Waals surface area contributed by atoms with Crippen LogP contribution < -0.4 is 0 Å². The maximum Gasteiger partial charge on any atom is 0.309 e. The van der Waals surface area contributed by atoms with Crippen molar-refractivity contribution in [2.75, 3.05) is 13.6 Å². The van der Waals surface area contributed by atoms with E-state index in [0.29, 0.717) is 12.5 Å². The summed E-state index contributed by atoms with van der Waals surface area (Å²) >= 11 is 0. The molecule has 2 unspecified atom stereocenters. The van der Waals surface area contributed by atoms with Crippen molar-refractivity contribution in [3.8, 4) is 0 Å². The summed E-state index contributed by atoms with van der Waals surface area (Å²) in [5, 5.41) is 8.97. The maximum atomic E-state index is 11.6. The summed E-state index contributed by atoms with van der Waals surface area (Å²) in [7, 11) is 1.69. The zero-order valence-electron chi connectivity index (χ0n) is 8.27. The lowest BCUT2D eigenvalue weighted by Gasteiger charge is -2.11. The fourth-order valence-electron chi connectivity index (χ4n) is 2.20. The third kappa shape index (κ3) is 1.61. The van der Waals surface area contributed by atoms with E-state index in [-0.39, 0.29) is 11.8 Å². The molecule has 2 aliphatic rings. The number of aliphatic carboxylic acids is 1. The van der Waals surface area contributed by atoms with E-state index in [4.69, 9.17) is 5.11 Å². The van der Waals surface area contributed by atoms with E-state index in [2.05, 4.69) is 0 Å². The van der Waals surface area contributed by atoms with Crippen LogP contribution in [0.25, 0.3) is 0 Å². The van der Waals surface area contributed by atoms with Crippen LogP contribution in [-0.2, 0) is 9.59 Å². The molecule has 78 valence electrons. The van der Waals surface area contributed by atoms with E-state index >= 15 is 0 Å². The minimum absolute atomic E-state index is 0.0179. The first kappa shape index (κ1) is 9.49. The molecule has 1 amide bonds. The third-order valence-electron chi connectivity index (χ3n) is 3.25. The SMILES string of the molecule is CN1CC(C(=O)O)C(CC2CC2)C1=O. The normalized spacial score (nSPS) is 32.4. The van der Waals surface area contributed by atoms with Gasteiger partial charge in [-0.05, 0) is 12.3 Å². The molecule has 0 aromatic heterocycles. The summed E-state index contributed by atoms with van der Waals surface area (Å²) in [6.07, 6.45) is 3.11. The van der Waals surface area contributed by atoms with Crippen molar-refractivity contribution in [1.82, 2.24) is 4.90 Å². The smallest absolute Gasteiger partial charge is 0.309 e. The van der Waals surface area contributed by atoms with Gasteiger partial charge in [-0.2, -0.15) is 0 Å². The van der Waals surface area contributed by atoms with Crippen molar-refractivity contribution in [2.24, 2.45) is 17.8 Å². The second kappa shape index (κ2) is 3.26. The van der Waals surface area contributed by atoms with E-state index in [1.807, 2.05) is 0 Å². The molecule has 0 radical (unpaired) electrons. The van der Waals surface area contributed by atoms with E-state index in [9.17, 15) is 9.59 Å². The number of carboxylic acid groups (broad SMARTS) is 1. The minimum Gasteiger partial charge on any atom is -0.481 e. The number of likely N-dealkylation sites (tertiary alicyclic amines) is 1. The Morgan fingerprint density at radius 2 is 2.21 bits per heavy atom. The van der Waals surface area contributed by atoms with Gasteiger partial charge in [0.2, 0.25) is 5.91 Å². The van der Waals surface area contributed by atoms with Gasteiger partial charge < -0.3 is 10.0 Å². The van der Waals surface area contributed by atoms with Crippen molar-refractivity contribution in [2.45, 2.75) is 19.3 Å². The fourth-order valence-corrected chi connectivity index (χ4v) is 2.20. The van der Waals surface area contributed by atoms with Gasteiger partial charge in [-0.3, -0.25) is 9.59 Å². The summed E-state index contributed by atoms with van der Waals surface area (Å²) in [6, 6.07) is 0. The van der Waals surface area contributed by atoms with Crippen LogP contribution in [0.3, 0.4) is 0 Å². The molecule has 1 aliphatic carbocycles. The summed E-state index contributed by atoms with van der Waals surface area (Å²) in [5.74, 6) is -0.937. The van der Waals surface area contributed by atoms with Crippen LogP contribution in [-0.4, -0.2) is 35.5 Å². The van der Waals surface area contributed by atoms with Crippen molar-refractivity contribution < 1.29 is 14.7 Å². The highest BCUT2D eigenvalue weighted by atomic mass is 16.4. The Balaban J connectivity index is 2.07. The summed E-state index contributed by atoms with van der Waals surface area (Å²) < 4.78 is 0. The van der Waals surface area contributed by atoms with Gasteiger partial charge in [0.1, 0.15) is 0 Å². The largest absolute Gasteiger partial charge is 0.481 e. The van der Waals surface area contributed by atoms with Crippen LogP contribution in [0.15, 0.2) is 0 Å². The van der Waals surface area contributed by atoms with Crippen LogP contribution in [0, 0.1) is 17.8 Å². The number of amides is 1. The number of carboxylic acids is 1. The third-order valence-corrected chi connectivity index (χ3v) is 3.25. The topological polar surface area (TPSA) is 57.6 Å². The number of rotatable bonds is 3. The van der Waals surface area contributed by atoms with Crippen LogP contribution >= 0.6 is 0 Å². The fraction of sp³-hybridized carbons (Fsp3) is 0.800. The number of hydrogen-bond donors (Lipinski definition) is 1. The molecule has 4 heteroatoms. The first-order valence-corrected chi connectivity index (χ1v) is 5.07. The average Bonchev–Trinajstić information content (AvgIpc) is 2.87. The van der Waals surface area contributed by atoms with Gasteiger partial charge in [0.25, 0.3) is 0 Å².